The summed E-state index contributed by atoms with van der Waals surface area (Å²) >= 11 is 0. The van der Waals surface area contributed by atoms with Gasteiger partial charge in [0.1, 0.15) is 11.6 Å². The number of aryl methyl sites for hydroxylation is 1. The first kappa shape index (κ1) is 9.51. The summed E-state index contributed by atoms with van der Waals surface area (Å²) in [5.74, 6) is 1.89. The molecular formula is C12H14N4. The Morgan fingerprint density at radius 1 is 1.19 bits per heavy atom. The number of nitrogens with zero attached hydrogens (tertiary/aromatic N) is 4. The van der Waals surface area contributed by atoms with E-state index in [4.69, 9.17) is 0 Å². The molecule has 2 aromatic rings. The minimum atomic E-state index is 0.822. The zero-order valence-electron chi connectivity index (χ0n) is 9.35. The maximum Gasteiger partial charge on any atom is 0.140 e. The Bertz CT molecular complexity index is 517. The van der Waals surface area contributed by atoms with Crippen molar-refractivity contribution < 1.29 is 0 Å². The summed E-state index contributed by atoms with van der Waals surface area (Å²) < 4.78 is 0. The Morgan fingerprint density at radius 3 is 2.81 bits per heavy atom. The van der Waals surface area contributed by atoms with Gasteiger partial charge < -0.3 is 4.90 Å². The van der Waals surface area contributed by atoms with Crippen LogP contribution in [0.25, 0.3) is 10.9 Å². The molecule has 16 heavy (non-hydrogen) atoms. The monoisotopic (exact) mass is 214 g/mol. The predicted molar refractivity (Wildman–Crippen MR) is 63.5 cm³/mol. The summed E-state index contributed by atoms with van der Waals surface area (Å²) in [6, 6.07) is 2.00. The molecule has 0 atom stereocenters. The molecule has 0 aliphatic carbocycles. The van der Waals surface area contributed by atoms with E-state index < -0.39 is 0 Å². The fraction of sp³-hybridized carbons (Fsp3) is 0.417. The van der Waals surface area contributed by atoms with Crippen molar-refractivity contribution in [2.24, 2.45) is 0 Å². The van der Waals surface area contributed by atoms with E-state index in [0.29, 0.717) is 0 Å². The SMILES string of the molecule is Cc1nc(N2CCCC2)c2ccncc2n1. The smallest absolute Gasteiger partial charge is 0.140 e. The lowest BCUT2D eigenvalue weighted by Crippen LogP contribution is -2.20. The van der Waals surface area contributed by atoms with E-state index in [0.717, 1.165) is 35.6 Å². The van der Waals surface area contributed by atoms with Gasteiger partial charge in [-0.15, -0.1) is 0 Å². The molecule has 0 N–H and O–H groups in total. The Kier molecular flexibility index (Phi) is 2.20. The highest BCUT2D eigenvalue weighted by molar-refractivity contribution is 5.88. The number of hydrogen-bond donors (Lipinski definition) is 0. The van der Waals surface area contributed by atoms with Crippen LogP contribution in [0.15, 0.2) is 18.5 Å². The van der Waals surface area contributed by atoms with Crippen molar-refractivity contribution in [1.29, 1.82) is 0 Å². The molecule has 0 spiro atoms. The number of pyridine rings is 1. The Balaban J connectivity index is 2.21. The third kappa shape index (κ3) is 1.50. The van der Waals surface area contributed by atoms with Gasteiger partial charge in [0.05, 0.1) is 11.7 Å². The summed E-state index contributed by atoms with van der Waals surface area (Å²) in [7, 11) is 0. The van der Waals surface area contributed by atoms with E-state index in [-0.39, 0.29) is 0 Å². The molecule has 4 nitrogen and oxygen atoms in total. The van der Waals surface area contributed by atoms with E-state index in [9.17, 15) is 0 Å². The highest BCUT2D eigenvalue weighted by atomic mass is 15.2. The summed E-state index contributed by atoms with van der Waals surface area (Å²) in [5.41, 5.74) is 0.942. The number of fused-ring (bicyclic) bond motifs is 1. The van der Waals surface area contributed by atoms with Crippen molar-refractivity contribution in [1.82, 2.24) is 15.0 Å². The fourth-order valence-corrected chi connectivity index (χ4v) is 2.25. The molecule has 0 amide bonds. The Labute approximate surface area is 94.4 Å². The van der Waals surface area contributed by atoms with Crippen LogP contribution in [-0.2, 0) is 0 Å². The van der Waals surface area contributed by atoms with Gasteiger partial charge in [0, 0.05) is 24.7 Å². The van der Waals surface area contributed by atoms with Crippen LogP contribution in [0, 0.1) is 6.92 Å². The van der Waals surface area contributed by atoms with Gasteiger partial charge >= 0.3 is 0 Å². The predicted octanol–water partition coefficient (Wildman–Crippen LogP) is 1.93. The summed E-state index contributed by atoms with van der Waals surface area (Å²) in [6.45, 7) is 4.15. The van der Waals surface area contributed by atoms with Crippen LogP contribution in [-0.4, -0.2) is 28.0 Å². The van der Waals surface area contributed by atoms with Crippen LogP contribution >= 0.6 is 0 Å². The van der Waals surface area contributed by atoms with Gasteiger partial charge in [-0.3, -0.25) is 4.98 Å². The summed E-state index contributed by atoms with van der Waals surface area (Å²) in [5, 5.41) is 1.11. The van der Waals surface area contributed by atoms with Crippen molar-refractivity contribution in [3.8, 4) is 0 Å². The molecule has 0 unspecified atom stereocenters. The molecule has 1 aliphatic heterocycles. The van der Waals surface area contributed by atoms with E-state index >= 15 is 0 Å². The topological polar surface area (TPSA) is 41.9 Å². The molecule has 0 bridgehead atoms. The molecule has 3 heterocycles. The van der Waals surface area contributed by atoms with Crippen molar-refractivity contribution in [3.05, 3.63) is 24.3 Å². The molecule has 3 rings (SSSR count). The van der Waals surface area contributed by atoms with E-state index in [1.165, 1.54) is 12.8 Å². The van der Waals surface area contributed by atoms with Crippen molar-refractivity contribution in [2.45, 2.75) is 19.8 Å². The van der Waals surface area contributed by atoms with Gasteiger partial charge in [-0.1, -0.05) is 0 Å². The third-order valence-corrected chi connectivity index (χ3v) is 3.00. The number of hydrogen-bond acceptors (Lipinski definition) is 4. The van der Waals surface area contributed by atoms with Crippen LogP contribution in [0.2, 0.25) is 0 Å². The highest BCUT2D eigenvalue weighted by Gasteiger charge is 2.17. The molecule has 2 aromatic heterocycles. The summed E-state index contributed by atoms with van der Waals surface area (Å²) in [4.78, 5) is 15.4. The van der Waals surface area contributed by atoms with Gasteiger partial charge in [-0.05, 0) is 25.8 Å². The number of aromatic nitrogens is 3. The van der Waals surface area contributed by atoms with Crippen molar-refractivity contribution in [2.75, 3.05) is 18.0 Å². The molecule has 0 saturated carbocycles. The lowest BCUT2D eigenvalue weighted by atomic mass is 10.2. The maximum atomic E-state index is 4.57. The quantitative estimate of drug-likeness (QED) is 0.727. The van der Waals surface area contributed by atoms with Crippen LogP contribution in [0.5, 0.6) is 0 Å². The second kappa shape index (κ2) is 3.70. The van der Waals surface area contributed by atoms with Crippen molar-refractivity contribution >= 4 is 16.7 Å². The third-order valence-electron chi connectivity index (χ3n) is 3.00. The van der Waals surface area contributed by atoms with Crippen LogP contribution in [0.4, 0.5) is 5.82 Å². The maximum absolute atomic E-state index is 4.57. The van der Waals surface area contributed by atoms with Crippen LogP contribution < -0.4 is 4.90 Å². The molecule has 4 heteroatoms. The Morgan fingerprint density at radius 2 is 2.00 bits per heavy atom. The standard InChI is InChI=1S/C12H14N4/c1-9-14-11-8-13-5-4-10(11)12(15-9)16-6-2-3-7-16/h4-5,8H,2-3,6-7H2,1H3. The van der Waals surface area contributed by atoms with E-state index in [2.05, 4.69) is 19.9 Å². The molecular weight excluding hydrogens is 200 g/mol. The van der Waals surface area contributed by atoms with Gasteiger partial charge in [-0.25, -0.2) is 9.97 Å². The minimum Gasteiger partial charge on any atom is -0.356 e. The second-order valence-corrected chi connectivity index (χ2v) is 4.18. The molecule has 1 saturated heterocycles. The van der Waals surface area contributed by atoms with Gasteiger partial charge in [0.25, 0.3) is 0 Å². The van der Waals surface area contributed by atoms with Crippen LogP contribution in [0.1, 0.15) is 18.7 Å². The molecule has 0 aromatic carbocycles. The lowest BCUT2D eigenvalue weighted by molar-refractivity contribution is 0.924. The first-order chi connectivity index (χ1) is 7.84. The minimum absolute atomic E-state index is 0.822. The molecule has 82 valence electrons. The Hall–Kier alpha value is -1.71. The number of anilines is 1. The zero-order chi connectivity index (χ0) is 11.0. The van der Waals surface area contributed by atoms with Crippen molar-refractivity contribution in [3.63, 3.8) is 0 Å². The first-order valence-electron chi connectivity index (χ1n) is 5.68. The summed E-state index contributed by atoms with van der Waals surface area (Å²) in [6.07, 6.45) is 6.13. The lowest BCUT2D eigenvalue weighted by Gasteiger charge is -2.18. The molecule has 0 radical (unpaired) electrons. The average molecular weight is 214 g/mol. The van der Waals surface area contributed by atoms with Gasteiger partial charge in [-0.2, -0.15) is 0 Å². The largest absolute Gasteiger partial charge is 0.356 e. The fourth-order valence-electron chi connectivity index (χ4n) is 2.25. The molecule has 1 fully saturated rings. The number of rotatable bonds is 1. The first-order valence-corrected chi connectivity index (χ1v) is 5.68. The van der Waals surface area contributed by atoms with Gasteiger partial charge in [0.15, 0.2) is 0 Å². The van der Waals surface area contributed by atoms with Crippen LogP contribution in [0.3, 0.4) is 0 Å². The zero-order valence-corrected chi connectivity index (χ0v) is 9.35. The van der Waals surface area contributed by atoms with E-state index in [1.807, 2.05) is 19.2 Å². The van der Waals surface area contributed by atoms with E-state index in [1.54, 1.807) is 6.20 Å². The van der Waals surface area contributed by atoms with Gasteiger partial charge in [0.2, 0.25) is 0 Å². The normalized spacial score (nSPS) is 15.9. The average Bonchev–Trinajstić information content (AvgIpc) is 2.81. The second-order valence-electron chi connectivity index (χ2n) is 4.18. The highest BCUT2D eigenvalue weighted by Crippen LogP contribution is 2.25. The molecule has 1 aliphatic rings.